The third-order valence-electron chi connectivity index (χ3n) is 2.06. The standard InChI is InChI=1S/C10H14ClN3O/c1-10(2,9(13)15)14-8-4-3-6(12)5-7(8)11/h3-5,14H,12H2,1-2H3,(H2,13,15). The summed E-state index contributed by atoms with van der Waals surface area (Å²) in [6, 6.07) is 5.02. The third-order valence-corrected chi connectivity index (χ3v) is 2.37. The maximum absolute atomic E-state index is 11.1. The number of carbonyl (C=O) groups is 1. The van der Waals surface area contributed by atoms with Crippen molar-refractivity contribution in [2.45, 2.75) is 19.4 Å². The smallest absolute Gasteiger partial charge is 0.242 e. The van der Waals surface area contributed by atoms with Crippen molar-refractivity contribution in [1.82, 2.24) is 0 Å². The highest BCUT2D eigenvalue weighted by molar-refractivity contribution is 6.33. The minimum absolute atomic E-state index is 0.449. The Morgan fingerprint density at radius 3 is 2.53 bits per heavy atom. The molecule has 15 heavy (non-hydrogen) atoms. The van der Waals surface area contributed by atoms with E-state index in [9.17, 15) is 4.79 Å². The van der Waals surface area contributed by atoms with Gasteiger partial charge in [0.15, 0.2) is 0 Å². The number of nitrogens with two attached hydrogens (primary N) is 2. The number of halogens is 1. The van der Waals surface area contributed by atoms with Crippen LogP contribution < -0.4 is 16.8 Å². The second-order valence-corrected chi connectivity index (χ2v) is 4.26. The molecule has 0 heterocycles. The van der Waals surface area contributed by atoms with E-state index in [0.29, 0.717) is 16.4 Å². The van der Waals surface area contributed by atoms with Crippen LogP contribution in [0.25, 0.3) is 0 Å². The number of amides is 1. The monoisotopic (exact) mass is 227 g/mol. The molecule has 0 saturated heterocycles. The number of primary amides is 1. The topological polar surface area (TPSA) is 81.1 Å². The van der Waals surface area contributed by atoms with Gasteiger partial charge in [-0.25, -0.2) is 0 Å². The predicted octanol–water partition coefficient (Wildman–Crippen LogP) is 1.60. The molecule has 0 saturated carbocycles. The van der Waals surface area contributed by atoms with E-state index in [1.54, 1.807) is 32.0 Å². The molecule has 0 atom stereocenters. The first-order chi connectivity index (χ1) is 6.83. The normalized spacial score (nSPS) is 11.1. The molecule has 0 radical (unpaired) electrons. The largest absolute Gasteiger partial charge is 0.399 e. The van der Waals surface area contributed by atoms with Crippen LogP contribution in [-0.4, -0.2) is 11.4 Å². The van der Waals surface area contributed by atoms with Gasteiger partial charge in [0.1, 0.15) is 5.54 Å². The van der Waals surface area contributed by atoms with Crippen LogP contribution in [0, 0.1) is 0 Å². The highest BCUT2D eigenvalue weighted by atomic mass is 35.5. The van der Waals surface area contributed by atoms with Gasteiger partial charge in [-0.2, -0.15) is 0 Å². The van der Waals surface area contributed by atoms with Crippen molar-refractivity contribution in [2.24, 2.45) is 5.73 Å². The van der Waals surface area contributed by atoms with E-state index in [1.807, 2.05) is 0 Å². The Hall–Kier alpha value is -1.42. The van der Waals surface area contributed by atoms with Gasteiger partial charge in [0.25, 0.3) is 0 Å². The average molecular weight is 228 g/mol. The maximum atomic E-state index is 11.1. The van der Waals surface area contributed by atoms with Gasteiger partial charge in [-0.15, -0.1) is 0 Å². The first-order valence-corrected chi connectivity index (χ1v) is 4.84. The van der Waals surface area contributed by atoms with Crippen LogP contribution in [0.1, 0.15) is 13.8 Å². The summed E-state index contributed by atoms with van der Waals surface area (Å²) in [4.78, 5) is 11.1. The lowest BCUT2D eigenvalue weighted by Crippen LogP contribution is -2.45. The molecule has 5 heteroatoms. The molecule has 5 N–H and O–H groups in total. The van der Waals surface area contributed by atoms with E-state index >= 15 is 0 Å². The molecule has 4 nitrogen and oxygen atoms in total. The Morgan fingerprint density at radius 2 is 2.07 bits per heavy atom. The molecular weight excluding hydrogens is 214 g/mol. The zero-order chi connectivity index (χ0) is 11.6. The molecule has 1 aromatic rings. The quantitative estimate of drug-likeness (QED) is 0.686. The summed E-state index contributed by atoms with van der Waals surface area (Å²) in [5, 5.41) is 3.41. The van der Waals surface area contributed by atoms with Gasteiger partial charge >= 0.3 is 0 Å². The Morgan fingerprint density at radius 1 is 1.47 bits per heavy atom. The van der Waals surface area contributed by atoms with Gasteiger partial charge in [-0.1, -0.05) is 11.6 Å². The zero-order valence-corrected chi connectivity index (χ0v) is 9.43. The number of anilines is 2. The van der Waals surface area contributed by atoms with E-state index in [0.717, 1.165) is 0 Å². The Bertz CT molecular complexity index is 390. The lowest BCUT2D eigenvalue weighted by atomic mass is 10.0. The van der Waals surface area contributed by atoms with Gasteiger partial charge in [0.2, 0.25) is 5.91 Å². The van der Waals surface area contributed by atoms with Crippen LogP contribution >= 0.6 is 11.6 Å². The fourth-order valence-corrected chi connectivity index (χ4v) is 1.27. The molecule has 0 aliphatic heterocycles. The molecule has 1 rings (SSSR count). The molecule has 0 fully saturated rings. The van der Waals surface area contributed by atoms with E-state index in [2.05, 4.69) is 5.32 Å². The molecule has 0 aliphatic carbocycles. The summed E-state index contributed by atoms with van der Waals surface area (Å²) in [7, 11) is 0. The highest BCUT2D eigenvalue weighted by Gasteiger charge is 2.25. The summed E-state index contributed by atoms with van der Waals surface area (Å²) in [5.41, 5.74) is 11.1. The number of hydrogen-bond donors (Lipinski definition) is 3. The molecule has 0 unspecified atom stereocenters. The lowest BCUT2D eigenvalue weighted by Gasteiger charge is -2.24. The van der Waals surface area contributed by atoms with Crippen molar-refractivity contribution in [3.8, 4) is 0 Å². The molecule has 82 valence electrons. The molecule has 1 aromatic carbocycles. The van der Waals surface area contributed by atoms with Crippen molar-refractivity contribution in [3.63, 3.8) is 0 Å². The van der Waals surface area contributed by atoms with E-state index in [-0.39, 0.29) is 0 Å². The molecule has 0 aromatic heterocycles. The van der Waals surface area contributed by atoms with Gasteiger partial charge < -0.3 is 16.8 Å². The molecule has 0 bridgehead atoms. The Kier molecular flexibility index (Phi) is 3.09. The van der Waals surface area contributed by atoms with Crippen molar-refractivity contribution in [3.05, 3.63) is 23.2 Å². The Labute approximate surface area is 93.6 Å². The fraction of sp³-hybridized carbons (Fsp3) is 0.300. The summed E-state index contributed by atoms with van der Waals surface area (Å²) < 4.78 is 0. The second-order valence-electron chi connectivity index (χ2n) is 3.85. The fourth-order valence-electron chi connectivity index (χ4n) is 1.03. The van der Waals surface area contributed by atoms with Crippen LogP contribution in [0.4, 0.5) is 11.4 Å². The van der Waals surface area contributed by atoms with Crippen molar-refractivity contribution in [2.75, 3.05) is 11.1 Å². The van der Waals surface area contributed by atoms with Crippen molar-refractivity contribution < 1.29 is 4.79 Å². The van der Waals surface area contributed by atoms with Gasteiger partial charge in [-0.3, -0.25) is 4.79 Å². The number of rotatable bonds is 3. The summed E-state index contributed by atoms with van der Waals surface area (Å²) in [6.07, 6.45) is 0. The SMILES string of the molecule is CC(C)(Nc1ccc(N)cc1Cl)C(N)=O. The molecule has 0 spiro atoms. The molecule has 1 amide bonds. The van der Waals surface area contributed by atoms with E-state index < -0.39 is 11.4 Å². The van der Waals surface area contributed by atoms with Crippen molar-refractivity contribution in [1.29, 1.82) is 0 Å². The van der Waals surface area contributed by atoms with E-state index in [4.69, 9.17) is 23.1 Å². The van der Waals surface area contributed by atoms with Gasteiger partial charge in [0, 0.05) is 5.69 Å². The number of hydrogen-bond acceptors (Lipinski definition) is 3. The maximum Gasteiger partial charge on any atom is 0.242 e. The molecule has 0 aliphatic rings. The minimum Gasteiger partial charge on any atom is -0.399 e. The number of benzene rings is 1. The van der Waals surface area contributed by atoms with Gasteiger partial charge in [0.05, 0.1) is 10.7 Å². The first-order valence-electron chi connectivity index (χ1n) is 4.46. The minimum atomic E-state index is -0.847. The second kappa shape index (κ2) is 3.98. The zero-order valence-electron chi connectivity index (χ0n) is 8.67. The number of nitrogen functional groups attached to an aromatic ring is 1. The van der Waals surface area contributed by atoms with Crippen LogP contribution in [0.2, 0.25) is 5.02 Å². The van der Waals surface area contributed by atoms with Crippen LogP contribution in [0.3, 0.4) is 0 Å². The third kappa shape index (κ3) is 2.76. The number of nitrogens with one attached hydrogen (secondary N) is 1. The summed E-state index contributed by atoms with van der Waals surface area (Å²) in [6.45, 7) is 3.37. The Balaban J connectivity index is 2.95. The predicted molar refractivity (Wildman–Crippen MR) is 62.8 cm³/mol. The van der Waals surface area contributed by atoms with Crippen LogP contribution in [0.15, 0.2) is 18.2 Å². The lowest BCUT2D eigenvalue weighted by molar-refractivity contribution is -0.121. The summed E-state index contributed by atoms with van der Waals surface area (Å²) >= 11 is 5.95. The van der Waals surface area contributed by atoms with Crippen LogP contribution in [0.5, 0.6) is 0 Å². The average Bonchev–Trinajstić information content (AvgIpc) is 2.09. The molecular formula is C10H14ClN3O. The number of carbonyl (C=O) groups excluding carboxylic acids is 1. The van der Waals surface area contributed by atoms with Gasteiger partial charge in [-0.05, 0) is 32.0 Å². The van der Waals surface area contributed by atoms with E-state index in [1.165, 1.54) is 0 Å². The summed E-state index contributed by atoms with van der Waals surface area (Å²) in [5.74, 6) is -0.449. The van der Waals surface area contributed by atoms with Crippen molar-refractivity contribution >= 4 is 28.9 Å². The first kappa shape index (κ1) is 11.7. The highest BCUT2D eigenvalue weighted by Crippen LogP contribution is 2.26. The van der Waals surface area contributed by atoms with Crippen LogP contribution in [-0.2, 0) is 4.79 Å².